The van der Waals surface area contributed by atoms with Gasteiger partial charge in [-0.25, -0.2) is 17.9 Å². The van der Waals surface area contributed by atoms with Gasteiger partial charge < -0.3 is 11.5 Å². The summed E-state index contributed by atoms with van der Waals surface area (Å²) in [5, 5.41) is 0. The van der Waals surface area contributed by atoms with Crippen molar-refractivity contribution in [3.63, 3.8) is 0 Å². The molecule has 0 heterocycles. The SMILES string of the molecule is Cc1cc(N)cc(S(=O)(=O)NC(N)=O)c1C. The largest absolute Gasteiger partial charge is 0.399 e. The molecule has 0 unspecified atom stereocenters. The lowest BCUT2D eigenvalue weighted by Gasteiger charge is -2.10. The van der Waals surface area contributed by atoms with Crippen molar-refractivity contribution >= 4 is 21.7 Å². The Balaban J connectivity index is 3.39. The van der Waals surface area contributed by atoms with Crippen molar-refractivity contribution in [2.75, 3.05) is 5.73 Å². The van der Waals surface area contributed by atoms with Crippen LogP contribution in [-0.2, 0) is 10.0 Å². The minimum Gasteiger partial charge on any atom is -0.399 e. The summed E-state index contributed by atoms with van der Waals surface area (Å²) in [5.74, 6) is 0. The summed E-state index contributed by atoms with van der Waals surface area (Å²) in [6.07, 6.45) is 0. The van der Waals surface area contributed by atoms with E-state index in [-0.39, 0.29) is 4.90 Å². The molecule has 0 radical (unpaired) electrons. The van der Waals surface area contributed by atoms with Crippen LogP contribution in [0.15, 0.2) is 17.0 Å². The van der Waals surface area contributed by atoms with Crippen molar-refractivity contribution in [1.82, 2.24) is 4.72 Å². The molecule has 1 aromatic rings. The molecule has 0 spiro atoms. The van der Waals surface area contributed by atoms with Gasteiger partial charge in [0, 0.05) is 5.69 Å². The Morgan fingerprint density at radius 1 is 1.31 bits per heavy atom. The van der Waals surface area contributed by atoms with Gasteiger partial charge in [-0.2, -0.15) is 0 Å². The molecule has 0 fully saturated rings. The molecule has 16 heavy (non-hydrogen) atoms. The van der Waals surface area contributed by atoms with Gasteiger partial charge in [-0.05, 0) is 37.1 Å². The summed E-state index contributed by atoms with van der Waals surface area (Å²) in [4.78, 5) is 10.5. The van der Waals surface area contributed by atoms with Crippen LogP contribution in [0.3, 0.4) is 0 Å². The number of primary amides is 1. The maximum Gasteiger partial charge on any atom is 0.326 e. The third-order valence-corrected chi connectivity index (χ3v) is 3.64. The molecule has 0 saturated heterocycles. The van der Waals surface area contributed by atoms with Crippen LogP contribution in [0.5, 0.6) is 0 Å². The molecular weight excluding hydrogens is 230 g/mol. The molecule has 88 valence electrons. The number of nitrogen functional groups attached to an aromatic ring is 1. The highest BCUT2D eigenvalue weighted by Crippen LogP contribution is 2.21. The van der Waals surface area contributed by atoms with Gasteiger partial charge in [0.1, 0.15) is 0 Å². The number of urea groups is 1. The number of benzene rings is 1. The fourth-order valence-corrected chi connectivity index (χ4v) is 2.55. The van der Waals surface area contributed by atoms with Gasteiger partial charge >= 0.3 is 6.03 Å². The van der Waals surface area contributed by atoms with Crippen LogP contribution >= 0.6 is 0 Å². The van der Waals surface area contributed by atoms with Crippen LogP contribution in [0, 0.1) is 13.8 Å². The molecule has 0 bridgehead atoms. The molecule has 0 atom stereocenters. The smallest absolute Gasteiger partial charge is 0.326 e. The zero-order valence-electron chi connectivity index (χ0n) is 8.94. The van der Waals surface area contributed by atoms with Crippen LogP contribution < -0.4 is 16.2 Å². The Kier molecular flexibility index (Phi) is 3.09. The van der Waals surface area contributed by atoms with Crippen LogP contribution in [0.2, 0.25) is 0 Å². The second-order valence-corrected chi connectivity index (χ2v) is 5.08. The lowest BCUT2D eigenvalue weighted by molar-refractivity contribution is 0.253. The topological polar surface area (TPSA) is 115 Å². The molecule has 0 aliphatic carbocycles. The van der Waals surface area contributed by atoms with Gasteiger partial charge in [-0.1, -0.05) is 0 Å². The fourth-order valence-electron chi connectivity index (χ4n) is 1.32. The first-order valence-corrected chi connectivity index (χ1v) is 5.91. The molecule has 7 heteroatoms. The Labute approximate surface area is 93.7 Å². The highest BCUT2D eigenvalue weighted by atomic mass is 32.2. The fraction of sp³-hybridized carbons (Fsp3) is 0.222. The van der Waals surface area contributed by atoms with Crippen molar-refractivity contribution in [1.29, 1.82) is 0 Å². The standard InChI is InChI=1S/C9H13N3O3S/c1-5-3-7(10)4-8(6(5)2)16(14,15)12-9(11)13/h3-4H,10H2,1-2H3,(H3,11,12,13). The Morgan fingerprint density at radius 3 is 2.38 bits per heavy atom. The molecular formula is C9H13N3O3S. The van der Waals surface area contributed by atoms with Gasteiger partial charge in [0.25, 0.3) is 10.0 Å². The van der Waals surface area contributed by atoms with E-state index < -0.39 is 16.1 Å². The van der Waals surface area contributed by atoms with E-state index in [9.17, 15) is 13.2 Å². The summed E-state index contributed by atoms with van der Waals surface area (Å²) in [6, 6.07) is 1.81. The number of sulfonamides is 1. The zero-order chi connectivity index (χ0) is 12.5. The predicted octanol–water partition coefficient (Wildman–Crippen LogP) is 0.243. The molecule has 0 aromatic heterocycles. The summed E-state index contributed by atoms with van der Waals surface area (Å²) >= 11 is 0. The molecule has 2 amide bonds. The average Bonchev–Trinajstić information content (AvgIpc) is 2.08. The van der Waals surface area contributed by atoms with Crippen molar-refractivity contribution in [3.8, 4) is 0 Å². The number of carbonyl (C=O) groups excluding carboxylic acids is 1. The predicted molar refractivity (Wildman–Crippen MR) is 60.2 cm³/mol. The van der Waals surface area contributed by atoms with Crippen LogP contribution in [0.25, 0.3) is 0 Å². The van der Waals surface area contributed by atoms with E-state index >= 15 is 0 Å². The number of amides is 2. The number of hydrogen-bond acceptors (Lipinski definition) is 4. The summed E-state index contributed by atoms with van der Waals surface area (Å²) < 4.78 is 25.1. The number of rotatable bonds is 2. The van der Waals surface area contributed by atoms with E-state index in [1.807, 2.05) is 0 Å². The maximum absolute atomic E-state index is 11.7. The van der Waals surface area contributed by atoms with E-state index in [4.69, 9.17) is 11.5 Å². The Morgan fingerprint density at radius 2 is 1.88 bits per heavy atom. The molecule has 1 rings (SSSR count). The molecule has 0 aliphatic heterocycles. The number of nitrogens with two attached hydrogens (primary N) is 2. The minimum atomic E-state index is -3.94. The number of carbonyl (C=O) groups is 1. The normalized spacial score (nSPS) is 11.1. The van der Waals surface area contributed by atoms with Crippen molar-refractivity contribution in [3.05, 3.63) is 23.3 Å². The monoisotopic (exact) mass is 243 g/mol. The van der Waals surface area contributed by atoms with Gasteiger partial charge in [-0.3, -0.25) is 0 Å². The molecule has 0 saturated carbocycles. The Bertz CT molecular complexity index is 537. The first-order chi connectivity index (χ1) is 7.24. The van der Waals surface area contributed by atoms with E-state index in [2.05, 4.69) is 0 Å². The van der Waals surface area contributed by atoms with Gasteiger partial charge in [0.15, 0.2) is 0 Å². The summed E-state index contributed by atoms with van der Waals surface area (Å²) in [5.41, 5.74) is 11.9. The molecule has 6 nitrogen and oxygen atoms in total. The van der Waals surface area contributed by atoms with E-state index in [1.165, 1.54) is 6.07 Å². The van der Waals surface area contributed by atoms with Gasteiger partial charge in [-0.15, -0.1) is 0 Å². The number of nitrogens with one attached hydrogen (secondary N) is 1. The summed E-state index contributed by atoms with van der Waals surface area (Å²) in [7, 11) is -3.94. The number of aryl methyl sites for hydroxylation is 1. The third-order valence-electron chi connectivity index (χ3n) is 2.17. The van der Waals surface area contributed by atoms with Crippen molar-refractivity contribution in [2.45, 2.75) is 18.7 Å². The molecule has 1 aromatic carbocycles. The zero-order valence-corrected chi connectivity index (χ0v) is 9.76. The third kappa shape index (κ3) is 2.43. The van der Waals surface area contributed by atoms with Gasteiger partial charge in [0.05, 0.1) is 4.90 Å². The van der Waals surface area contributed by atoms with Crippen molar-refractivity contribution in [2.24, 2.45) is 5.73 Å². The minimum absolute atomic E-state index is 0.0381. The number of anilines is 1. The van der Waals surface area contributed by atoms with Gasteiger partial charge in [0.2, 0.25) is 0 Å². The van der Waals surface area contributed by atoms with Crippen LogP contribution in [0.1, 0.15) is 11.1 Å². The second-order valence-electron chi connectivity index (χ2n) is 3.43. The van der Waals surface area contributed by atoms with Crippen LogP contribution in [0.4, 0.5) is 10.5 Å². The Hall–Kier alpha value is -1.76. The first-order valence-electron chi connectivity index (χ1n) is 4.43. The van der Waals surface area contributed by atoms with E-state index in [0.29, 0.717) is 11.3 Å². The molecule has 0 aliphatic rings. The molecule has 5 N–H and O–H groups in total. The lowest BCUT2D eigenvalue weighted by atomic mass is 10.1. The average molecular weight is 243 g/mol. The highest BCUT2D eigenvalue weighted by molar-refractivity contribution is 7.90. The second kappa shape index (κ2) is 4.01. The maximum atomic E-state index is 11.7. The van der Waals surface area contributed by atoms with E-state index in [1.54, 1.807) is 24.6 Å². The first kappa shape index (κ1) is 12.3. The lowest BCUT2D eigenvalue weighted by Crippen LogP contribution is -2.35. The quantitative estimate of drug-likeness (QED) is 0.645. The highest BCUT2D eigenvalue weighted by Gasteiger charge is 2.19. The summed E-state index contributed by atoms with van der Waals surface area (Å²) in [6.45, 7) is 3.36. The van der Waals surface area contributed by atoms with Crippen molar-refractivity contribution < 1.29 is 13.2 Å². The van der Waals surface area contributed by atoms with Crippen LogP contribution in [-0.4, -0.2) is 14.4 Å². The number of hydrogen-bond donors (Lipinski definition) is 3. The van der Waals surface area contributed by atoms with E-state index in [0.717, 1.165) is 5.56 Å².